The number of amides is 4. The number of benzene rings is 2. The standard InChI is InChI=1S/C25H24N4O4S/c1-2-3-12-29-23(32)16-11-10-15(14-17(16)24(29)33)22(31)28-13-6-8-19(28)21(30)27-25-26-18-7-4-5-9-20(18)34-25/h4-5,7,9-11,14,19H,2-3,6,8,12-13H2,1H3,(H,26,27,30)/t19-/m0/s1. The van der Waals surface area contributed by atoms with Crippen LogP contribution in [0.3, 0.4) is 0 Å². The van der Waals surface area contributed by atoms with Gasteiger partial charge in [-0.2, -0.15) is 0 Å². The molecule has 0 unspecified atom stereocenters. The molecule has 1 atom stereocenters. The van der Waals surface area contributed by atoms with Crippen molar-refractivity contribution in [2.45, 2.75) is 38.6 Å². The maximum atomic E-state index is 13.3. The zero-order valence-corrected chi connectivity index (χ0v) is 19.6. The third-order valence-electron chi connectivity index (χ3n) is 6.29. The van der Waals surface area contributed by atoms with Crippen molar-refractivity contribution in [3.05, 3.63) is 59.2 Å². The molecule has 174 valence electrons. The van der Waals surface area contributed by atoms with Crippen molar-refractivity contribution < 1.29 is 19.2 Å². The topological polar surface area (TPSA) is 99.7 Å². The van der Waals surface area contributed by atoms with Crippen LogP contribution in [0.2, 0.25) is 0 Å². The van der Waals surface area contributed by atoms with Crippen LogP contribution in [0, 0.1) is 0 Å². The number of imide groups is 1. The van der Waals surface area contributed by atoms with E-state index in [4.69, 9.17) is 0 Å². The molecular formula is C25H24N4O4S. The summed E-state index contributed by atoms with van der Waals surface area (Å²) in [6, 6.07) is 11.6. The van der Waals surface area contributed by atoms with Gasteiger partial charge < -0.3 is 10.2 Å². The Morgan fingerprint density at radius 3 is 2.71 bits per heavy atom. The number of fused-ring (bicyclic) bond motifs is 2. The molecule has 1 N–H and O–H groups in total. The Balaban J connectivity index is 1.33. The maximum Gasteiger partial charge on any atom is 0.261 e. The Labute approximate surface area is 200 Å². The highest BCUT2D eigenvalue weighted by molar-refractivity contribution is 7.22. The van der Waals surface area contributed by atoms with Crippen LogP contribution in [0.15, 0.2) is 42.5 Å². The molecule has 0 spiro atoms. The predicted octanol–water partition coefficient (Wildman–Crippen LogP) is 3.94. The van der Waals surface area contributed by atoms with Crippen molar-refractivity contribution in [2.24, 2.45) is 0 Å². The molecular weight excluding hydrogens is 452 g/mol. The molecule has 2 aliphatic heterocycles. The molecule has 3 heterocycles. The molecule has 2 aromatic carbocycles. The lowest BCUT2D eigenvalue weighted by molar-refractivity contribution is -0.119. The monoisotopic (exact) mass is 476 g/mol. The zero-order chi connectivity index (χ0) is 23.8. The summed E-state index contributed by atoms with van der Waals surface area (Å²) in [5, 5.41) is 3.36. The second kappa shape index (κ2) is 8.98. The third-order valence-corrected chi connectivity index (χ3v) is 7.25. The number of aromatic nitrogens is 1. The van der Waals surface area contributed by atoms with Crippen molar-refractivity contribution in [2.75, 3.05) is 18.4 Å². The molecule has 1 aromatic heterocycles. The van der Waals surface area contributed by atoms with Crippen molar-refractivity contribution in [1.82, 2.24) is 14.8 Å². The Hall–Kier alpha value is -3.59. The second-order valence-electron chi connectivity index (χ2n) is 8.51. The minimum Gasteiger partial charge on any atom is -0.327 e. The number of hydrogen-bond acceptors (Lipinski definition) is 6. The Bertz CT molecular complexity index is 1280. The van der Waals surface area contributed by atoms with Crippen LogP contribution in [0.25, 0.3) is 10.2 Å². The van der Waals surface area contributed by atoms with Crippen LogP contribution in [0.4, 0.5) is 5.13 Å². The highest BCUT2D eigenvalue weighted by Crippen LogP contribution is 2.29. The van der Waals surface area contributed by atoms with Crippen LogP contribution in [-0.4, -0.2) is 57.5 Å². The smallest absolute Gasteiger partial charge is 0.261 e. The lowest BCUT2D eigenvalue weighted by Gasteiger charge is -2.23. The molecule has 34 heavy (non-hydrogen) atoms. The normalized spacial score (nSPS) is 17.5. The summed E-state index contributed by atoms with van der Waals surface area (Å²) >= 11 is 1.39. The number of anilines is 1. The van der Waals surface area contributed by atoms with Crippen molar-refractivity contribution in [3.63, 3.8) is 0 Å². The van der Waals surface area contributed by atoms with Gasteiger partial charge >= 0.3 is 0 Å². The molecule has 5 rings (SSSR count). The van der Waals surface area contributed by atoms with Crippen LogP contribution < -0.4 is 5.32 Å². The average Bonchev–Trinajstić information content (AvgIpc) is 3.54. The molecule has 0 bridgehead atoms. The van der Waals surface area contributed by atoms with Gasteiger partial charge in [-0.1, -0.05) is 36.8 Å². The number of rotatable bonds is 6. The number of unbranched alkanes of at least 4 members (excludes halogenated alkanes) is 1. The van der Waals surface area contributed by atoms with Gasteiger partial charge in [-0.05, 0) is 49.6 Å². The van der Waals surface area contributed by atoms with Gasteiger partial charge in [0.05, 0.1) is 21.3 Å². The molecule has 0 aliphatic carbocycles. The van der Waals surface area contributed by atoms with E-state index in [1.807, 2.05) is 31.2 Å². The number of carbonyl (C=O) groups excluding carboxylic acids is 4. The van der Waals surface area contributed by atoms with Gasteiger partial charge in [-0.15, -0.1) is 0 Å². The number of nitrogens with zero attached hydrogens (tertiary/aromatic N) is 3. The SMILES string of the molecule is CCCCN1C(=O)c2ccc(C(=O)N3CCC[C@H]3C(=O)Nc3nc4ccccc4s3)cc2C1=O. The lowest BCUT2D eigenvalue weighted by Crippen LogP contribution is -2.43. The van der Waals surface area contributed by atoms with E-state index in [0.29, 0.717) is 42.2 Å². The summed E-state index contributed by atoms with van der Waals surface area (Å²) < 4.78 is 0.975. The molecule has 0 radical (unpaired) electrons. The predicted molar refractivity (Wildman–Crippen MR) is 129 cm³/mol. The van der Waals surface area contributed by atoms with Gasteiger partial charge in [0.25, 0.3) is 17.7 Å². The largest absolute Gasteiger partial charge is 0.327 e. The summed E-state index contributed by atoms with van der Waals surface area (Å²) in [4.78, 5) is 58.9. The number of thiazole rings is 1. The van der Waals surface area contributed by atoms with E-state index in [1.54, 1.807) is 17.0 Å². The maximum absolute atomic E-state index is 13.3. The number of likely N-dealkylation sites (tertiary alicyclic amines) is 1. The second-order valence-corrected chi connectivity index (χ2v) is 9.54. The first-order valence-corrected chi connectivity index (χ1v) is 12.3. The fourth-order valence-corrected chi connectivity index (χ4v) is 5.37. The molecule has 9 heteroatoms. The lowest BCUT2D eigenvalue weighted by atomic mass is 10.0. The molecule has 3 aromatic rings. The molecule has 2 aliphatic rings. The molecule has 0 saturated carbocycles. The zero-order valence-electron chi connectivity index (χ0n) is 18.7. The van der Waals surface area contributed by atoms with Gasteiger partial charge in [-0.25, -0.2) is 4.98 Å². The molecule has 8 nitrogen and oxygen atoms in total. The van der Waals surface area contributed by atoms with Gasteiger partial charge in [-0.3, -0.25) is 24.1 Å². The van der Waals surface area contributed by atoms with E-state index in [0.717, 1.165) is 23.1 Å². The minimum absolute atomic E-state index is 0.252. The van der Waals surface area contributed by atoms with Crippen LogP contribution in [0.1, 0.15) is 63.7 Å². The molecule has 4 amide bonds. The Morgan fingerprint density at radius 1 is 1.12 bits per heavy atom. The Kier molecular flexibility index (Phi) is 5.87. The number of para-hydroxylation sites is 1. The summed E-state index contributed by atoms with van der Waals surface area (Å²) in [5.74, 6) is -1.28. The summed E-state index contributed by atoms with van der Waals surface area (Å²) in [6.45, 7) is 2.81. The van der Waals surface area contributed by atoms with Gasteiger partial charge in [0.2, 0.25) is 5.91 Å². The average molecular weight is 477 g/mol. The minimum atomic E-state index is -0.619. The van der Waals surface area contributed by atoms with Gasteiger partial charge in [0.1, 0.15) is 6.04 Å². The number of carbonyl (C=O) groups is 4. The highest BCUT2D eigenvalue weighted by atomic mass is 32.1. The van der Waals surface area contributed by atoms with Crippen LogP contribution in [-0.2, 0) is 4.79 Å². The summed E-state index contributed by atoms with van der Waals surface area (Å²) in [7, 11) is 0. The summed E-state index contributed by atoms with van der Waals surface area (Å²) in [5.41, 5.74) is 1.69. The van der Waals surface area contributed by atoms with Crippen molar-refractivity contribution in [1.29, 1.82) is 0 Å². The molecule has 1 fully saturated rings. The highest BCUT2D eigenvalue weighted by Gasteiger charge is 2.38. The first-order valence-electron chi connectivity index (χ1n) is 11.5. The van der Waals surface area contributed by atoms with E-state index in [9.17, 15) is 19.2 Å². The first-order chi connectivity index (χ1) is 16.5. The van der Waals surface area contributed by atoms with Gasteiger partial charge in [0.15, 0.2) is 5.13 Å². The number of nitrogens with one attached hydrogen (secondary N) is 1. The van der Waals surface area contributed by atoms with E-state index >= 15 is 0 Å². The van der Waals surface area contributed by atoms with Crippen LogP contribution >= 0.6 is 11.3 Å². The van der Waals surface area contributed by atoms with E-state index < -0.39 is 6.04 Å². The van der Waals surface area contributed by atoms with E-state index in [1.165, 1.54) is 22.3 Å². The van der Waals surface area contributed by atoms with Crippen LogP contribution in [0.5, 0.6) is 0 Å². The number of hydrogen-bond donors (Lipinski definition) is 1. The fraction of sp³-hybridized carbons (Fsp3) is 0.320. The Morgan fingerprint density at radius 2 is 1.91 bits per heavy atom. The van der Waals surface area contributed by atoms with Gasteiger partial charge in [0, 0.05) is 18.7 Å². The van der Waals surface area contributed by atoms with E-state index in [2.05, 4.69) is 10.3 Å². The van der Waals surface area contributed by atoms with E-state index in [-0.39, 0.29) is 29.2 Å². The molecule has 1 saturated heterocycles. The quantitative estimate of drug-likeness (QED) is 0.544. The summed E-state index contributed by atoms with van der Waals surface area (Å²) in [6.07, 6.45) is 2.86. The first kappa shape index (κ1) is 22.2. The van der Waals surface area contributed by atoms with Crippen molar-refractivity contribution >= 4 is 50.3 Å². The third kappa shape index (κ3) is 3.86. The fourth-order valence-electron chi connectivity index (χ4n) is 4.51. The van der Waals surface area contributed by atoms with Crippen molar-refractivity contribution in [3.8, 4) is 0 Å².